The van der Waals surface area contributed by atoms with Gasteiger partial charge in [0.25, 0.3) is 0 Å². The number of carbonyl (C=O) groups is 1. The van der Waals surface area contributed by atoms with E-state index in [0.29, 0.717) is 5.69 Å². The van der Waals surface area contributed by atoms with Crippen molar-refractivity contribution in [2.75, 3.05) is 20.1 Å². The second-order valence-electron chi connectivity index (χ2n) is 5.09. The van der Waals surface area contributed by atoms with Crippen LogP contribution in [0.2, 0.25) is 0 Å². The lowest BCUT2D eigenvalue weighted by Crippen LogP contribution is -2.47. The smallest absolute Gasteiger partial charge is 0.407 e. The lowest BCUT2D eigenvalue weighted by molar-refractivity contribution is 0.0952. The summed E-state index contributed by atoms with van der Waals surface area (Å²) in [7, 11) is 1.62. The van der Waals surface area contributed by atoms with E-state index in [9.17, 15) is 4.79 Å². The average molecular weight is 274 g/mol. The van der Waals surface area contributed by atoms with Crippen molar-refractivity contribution in [2.24, 2.45) is 0 Å². The maximum Gasteiger partial charge on any atom is 0.407 e. The first kappa shape index (κ1) is 14.3. The summed E-state index contributed by atoms with van der Waals surface area (Å²) in [4.78, 5) is 18.6. The molecule has 1 aliphatic rings. The Labute approximate surface area is 118 Å². The molecule has 20 heavy (non-hydrogen) atoms. The number of likely N-dealkylation sites (tertiary alicyclic amines) is 1. The molecule has 2 rings (SSSR count). The topological polar surface area (TPSA) is 80.5 Å². The Balaban J connectivity index is 1.99. The minimum atomic E-state index is -0.882. The quantitative estimate of drug-likeness (QED) is 0.904. The Bertz CT molecular complexity index is 526. The SMILES string of the molecule is CN(C(=O)O)[C@@H]1CCCN(Cc2ccnc(C#N)c2)C1. The number of likely N-dealkylation sites (N-methyl/N-ethyl adjacent to an activating group) is 1. The number of hydrogen-bond donors (Lipinski definition) is 1. The third-order valence-electron chi connectivity index (χ3n) is 3.68. The number of rotatable bonds is 3. The molecule has 0 bridgehead atoms. The molecule has 106 valence electrons. The highest BCUT2D eigenvalue weighted by Gasteiger charge is 2.25. The molecular formula is C14H18N4O2. The van der Waals surface area contributed by atoms with Gasteiger partial charge in [-0.25, -0.2) is 9.78 Å². The highest BCUT2D eigenvalue weighted by atomic mass is 16.4. The average Bonchev–Trinajstić information content (AvgIpc) is 2.47. The monoisotopic (exact) mass is 274 g/mol. The summed E-state index contributed by atoms with van der Waals surface area (Å²) in [6.45, 7) is 2.41. The molecule has 0 saturated carbocycles. The van der Waals surface area contributed by atoms with Crippen molar-refractivity contribution in [3.05, 3.63) is 29.6 Å². The zero-order valence-corrected chi connectivity index (χ0v) is 11.5. The normalized spacial score (nSPS) is 19.3. The van der Waals surface area contributed by atoms with Crippen LogP contribution in [0.4, 0.5) is 4.79 Å². The zero-order chi connectivity index (χ0) is 14.5. The van der Waals surface area contributed by atoms with Crippen LogP contribution in [0, 0.1) is 11.3 Å². The number of nitrogens with zero attached hydrogens (tertiary/aromatic N) is 4. The second kappa shape index (κ2) is 6.35. The fourth-order valence-corrected chi connectivity index (χ4v) is 2.54. The van der Waals surface area contributed by atoms with Gasteiger partial charge in [0.05, 0.1) is 0 Å². The van der Waals surface area contributed by atoms with E-state index in [1.54, 1.807) is 19.3 Å². The first-order valence-electron chi connectivity index (χ1n) is 6.63. The van der Waals surface area contributed by atoms with Gasteiger partial charge in [-0.2, -0.15) is 5.26 Å². The molecule has 0 aromatic carbocycles. The van der Waals surface area contributed by atoms with Crippen molar-refractivity contribution in [2.45, 2.75) is 25.4 Å². The van der Waals surface area contributed by atoms with Gasteiger partial charge in [0.1, 0.15) is 11.8 Å². The van der Waals surface area contributed by atoms with Crippen molar-refractivity contribution >= 4 is 6.09 Å². The molecule has 1 amide bonds. The van der Waals surface area contributed by atoms with Crippen LogP contribution >= 0.6 is 0 Å². The number of nitriles is 1. The van der Waals surface area contributed by atoms with Gasteiger partial charge >= 0.3 is 6.09 Å². The molecule has 0 unspecified atom stereocenters. The van der Waals surface area contributed by atoms with Gasteiger partial charge in [0, 0.05) is 32.4 Å². The Morgan fingerprint density at radius 3 is 3.20 bits per heavy atom. The number of aromatic nitrogens is 1. The summed E-state index contributed by atoms with van der Waals surface area (Å²) in [5.41, 5.74) is 1.45. The maximum absolute atomic E-state index is 11.0. The molecule has 1 aromatic rings. The lowest BCUT2D eigenvalue weighted by Gasteiger charge is -2.36. The van der Waals surface area contributed by atoms with Crippen LogP contribution in [0.25, 0.3) is 0 Å². The number of carboxylic acid groups (broad SMARTS) is 1. The number of hydrogen-bond acceptors (Lipinski definition) is 4. The van der Waals surface area contributed by atoms with Crippen molar-refractivity contribution < 1.29 is 9.90 Å². The number of pyridine rings is 1. The summed E-state index contributed by atoms with van der Waals surface area (Å²) >= 11 is 0. The van der Waals surface area contributed by atoms with Crippen molar-refractivity contribution in [1.82, 2.24) is 14.8 Å². The van der Waals surface area contributed by atoms with Gasteiger partial charge in [0.15, 0.2) is 0 Å². The standard InChI is InChI=1S/C14H18N4O2/c1-17(14(19)20)13-3-2-6-18(10-13)9-11-4-5-16-12(7-11)8-15/h4-5,7,13H,2-3,6,9-10H2,1H3,(H,19,20)/t13-/m1/s1. The van der Waals surface area contributed by atoms with Crippen molar-refractivity contribution in [3.8, 4) is 6.07 Å². The molecule has 0 aliphatic carbocycles. The highest BCUT2D eigenvalue weighted by molar-refractivity contribution is 5.65. The van der Waals surface area contributed by atoms with Gasteiger partial charge in [-0.1, -0.05) is 0 Å². The Kier molecular flexibility index (Phi) is 4.53. The molecule has 0 spiro atoms. The van der Waals surface area contributed by atoms with Gasteiger partial charge in [-0.3, -0.25) is 4.90 Å². The van der Waals surface area contributed by atoms with E-state index >= 15 is 0 Å². The molecular weight excluding hydrogens is 256 g/mol. The summed E-state index contributed by atoms with van der Waals surface area (Å²) in [6, 6.07) is 5.75. The fraction of sp³-hybridized carbons (Fsp3) is 0.500. The molecule has 1 fully saturated rings. The van der Waals surface area contributed by atoms with E-state index in [1.165, 1.54) is 4.90 Å². The van der Waals surface area contributed by atoms with Crippen LogP contribution in [0.1, 0.15) is 24.1 Å². The summed E-state index contributed by atoms with van der Waals surface area (Å²) < 4.78 is 0. The predicted octanol–water partition coefficient (Wildman–Crippen LogP) is 1.53. The Morgan fingerprint density at radius 1 is 1.70 bits per heavy atom. The van der Waals surface area contributed by atoms with Gasteiger partial charge in [-0.15, -0.1) is 0 Å². The summed E-state index contributed by atoms with van der Waals surface area (Å²) in [5.74, 6) is 0. The third-order valence-corrected chi connectivity index (χ3v) is 3.68. The van der Waals surface area contributed by atoms with Crippen LogP contribution in [0.15, 0.2) is 18.3 Å². The van der Waals surface area contributed by atoms with E-state index in [4.69, 9.17) is 10.4 Å². The van der Waals surface area contributed by atoms with Crippen LogP contribution in [0.5, 0.6) is 0 Å². The van der Waals surface area contributed by atoms with Gasteiger partial charge in [0.2, 0.25) is 0 Å². The molecule has 1 atom stereocenters. The molecule has 1 saturated heterocycles. The fourth-order valence-electron chi connectivity index (χ4n) is 2.54. The van der Waals surface area contributed by atoms with Crippen LogP contribution in [-0.4, -0.2) is 52.2 Å². The first-order valence-corrected chi connectivity index (χ1v) is 6.63. The van der Waals surface area contributed by atoms with Gasteiger partial charge < -0.3 is 10.0 Å². The van der Waals surface area contributed by atoms with E-state index < -0.39 is 6.09 Å². The zero-order valence-electron chi connectivity index (χ0n) is 11.5. The van der Waals surface area contributed by atoms with E-state index in [1.807, 2.05) is 12.1 Å². The van der Waals surface area contributed by atoms with E-state index in [-0.39, 0.29) is 6.04 Å². The summed E-state index contributed by atoms with van der Waals surface area (Å²) in [6.07, 6.45) is 2.64. The maximum atomic E-state index is 11.0. The molecule has 6 heteroatoms. The summed E-state index contributed by atoms with van der Waals surface area (Å²) in [5, 5.41) is 17.9. The molecule has 6 nitrogen and oxygen atoms in total. The Morgan fingerprint density at radius 2 is 2.50 bits per heavy atom. The van der Waals surface area contributed by atoms with Gasteiger partial charge in [-0.05, 0) is 37.1 Å². The second-order valence-corrected chi connectivity index (χ2v) is 5.09. The minimum Gasteiger partial charge on any atom is -0.465 e. The minimum absolute atomic E-state index is 0.0403. The predicted molar refractivity (Wildman–Crippen MR) is 73.0 cm³/mol. The van der Waals surface area contributed by atoms with Crippen LogP contribution in [-0.2, 0) is 6.54 Å². The number of piperidine rings is 1. The molecule has 1 aliphatic heterocycles. The van der Waals surface area contributed by atoms with Crippen molar-refractivity contribution in [3.63, 3.8) is 0 Å². The van der Waals surface area contributed by atoms with Crippen molar-refractivity contribution in [1.29, 1.82) is 5.26 Å². The third kappa shape index (κ3) is 3.45. The Hall–Kier alpha value is -2.13. The van der Waals surface area contributed by atoms with Crippen LogP contribution in [0.3, 0.4) is 0 Å². The van der Waals surface area contributed by atoms with E-state index in [0.717, 1.165) is 38.0 Å². The molecule has 1 aromatic heterocycles. The molecule has 0 radical (unpaired) electrons. The highest BCUT2D eigenvalue weighted by Crippen LogP contribution is 2.17. The van der Waals surface area contributed by atoms with E-state index in [2.05, 4.69) is 9.88 Å². The molecule has 1 N–H and O–H groups in total. The van der Waals surface area contributed by atoms with Crippen LogP contribution < -0.4 is 0 Å². The largest absolute Gasteiger partial charge is 0.465 e. The number of amides is 1. The molecule has 2 heterocycles. The lowest BCUT2D eigenvalue weighted by atomic mass is 10.0. The first-order chi connectivity index (χ1) is 9.60.